The molecule has 0 radical (unpaired) electrons. The first-order chi connectivity index (χ1) is 8.78. The van der Waals surface area contributed by atoms with E-state index in [4.69, 9.17) is 5.26 Å². The van der Waals surface area contributed by atoms with Crippen LogP contribution in [0.1, 0.15) is 26.3 Å². The molecule has 1 N–H and O–H groups in total. The lowest BCUT2D eigenvalue weighted by Crippen LogP contribution is -2.36. The maximum absolute atomic E-state index is 11.9. The molecule has 0 aliphatic heterocycles. The molecule has 102 valence electrons. The number of anilines is 1. The molecule has 0 spiro atoms. The van der Waals surface area contributed by atoms with E-state index < -0.39 is 26.2 Å². The molecule has 0 saturated carbocycles. The number of nitrogens with zero attached hydrogens (tertiary/aromatic N) is 1. The van der Waals surface area contributed by atoms with Crippen LogP contribution in [-0.4, -0.2) is 24.8 Å². The van der Waals surface area contributed by atoms with Gasteiger partial charge in [0.25, 0.3) is 0 Å². The van der Waals surface area contributed by atoms with Gasteiger partial charge < -0.3 is 5.32 Å². The normalized spacial score (nSPS) is 12.8. The number of nitriles is 1. The number of sulfone groups is 1. The van der Waals surface area contributed by atoms with Gasteiger partial charge in [-0.25, -0.2) is 8.42 Å². The fourth-order valence-corrected chi connectivity index (χ4v) is 2.64. The number of amides is 1. The van der Waals surface area contributed by atoms with E-state index in [1.54, 1.807) is 18.2 Å². The second-order valence-corrected chi connectivity index (χ2v) is 7.29. The van der Waals surface area contributed by atoms with Crippen molar-refractivity contribution in [2.75, 3.05) is 5.32 Å². The van der Waals surface area contributed by atoms with Crippen molar-refractivity contribution >= 4 is 21.4 Å². The van der Waals surface area contributed by atoms with Gasteiger partial charge in [0.2, 0.25) is 5.91 Å². The van der Waals surface area contributed by atoms with E-state index in [0.717, 1.165) is 0 Å². The molecule has 1 aromatic carbocycles. The maximum Gasteiger partial charge on any atom is 0.242 e. The monoisotopic (exact) mass is 280 g/mol. The van der Waals surface area contributed by atoms with Crippen molar-refractivity contribution in [3.05, 3.63) is 29.8 Å². The second kappa shape index (κ2) is 5.85. The quantitative estimate of drug-likeness (QED) is 0.909. The number of benzene rings is 1. The highest BCUT2D eigenvalue weighted by Gasteiger charge is 2.30. The van der Waals surface area contributed by atoms with E-state index in [-0.39, 0.29) is 0 Å². The zero-order valence-electron chi connectivity index (χ0n) is 11.0. The predicted molar refractivity (Wildman–Crippen MR) is 73.3 cm³/mol. The lowest BCUT2D eigenvalue weighted by atomic mass is 10.2. The Labute approximate surface area is 113 Å². The minimum atomic E-state index is -3.49. The van der Waals surface area contributed by atoms with Crippen LogP contribution in [0.4, 0.5) is 5.69 Å². The van der Waals surface area contributed by atoms with E-state index in [0.29, 0.717) is 11.3 Å². The summed E-state index contributed by atoms with van der Waals surface area (Å²) in [4.78, 5) is 11.9. The molecule has 0 bridgehead atoms. The summed E-state index contributed by atoms with van der Waals surface area (Å²) in [6.45, 7) is 4.43. The van der Waals surface area contributed by atoms with Crippen molar-refractivity contribution in [1.82, 2.24) is 0 Å². The van der Waals surface area contributed by atoms with Gasteiger partial charge in [-0.05, 0) is 39.0 Å². The molecule has 1 rings (SSSR count). The van der Waals surface area contributed by atoms with Gasteiger partial charge in [-0.1, -0.05) is 6.07 Å². The molecule has 0 aliphatic carbocycles. The Morgan fingerprint density at radius 2 is 1.95 bits per heavy atom. The fourth-order valence-electron chi connectivity index (χ4n) is 1.47. The minimum Gasteiger partial charge on any atom is -0.325 e. The van der Waals surface area contributed by atoms with Crippen molar-refractivity contribution in [3.8, 4) is 6.07 Å². The molecule has 1 amide bonds. The molecule has 1 unspecified atom stereocenters. The second-order valence-electron chi connectivity index (χ2n) is 4.46. The highest BCUT2D eigenvalue weighted by molar-refractivity contribution is 7.93. The number of hydrogen-bond donors (Lipinski definition) is 1. The SMILES string of the molecule is CC(C)S(=O)(=O)C(C)C(=O)Nc1cccc(C#N)c1. The maximum atomic E-state index is 11.9. The summed E-state index contributed by atoms with van der Waals surface area (Å²) in [7, 11) is -3.49. The Morgan fingerprint density at radius 3 is 2.47 bits per heavy atom. The summed E-state index contributed by atoms with van der Waals surface area (Å²) in [5, 5.41) is 9.52. The van der Waals surface area contributed by atoms with Crippen LogP contribution in [-0.2, 0) is 14.6 Å². The average Bonchev–Trinajstić information content (AvgIpc) is 2.37. The summed E-state index contributed by atoms with van der Waals surface area (Å²) >= 11 is 0. The first-order valence-corrected chi connectivity index (χ1v) is 7.43. The lowest BCUT2D eigenvalue weighted by molar-refractivity contribution is -0.115. The molecule has 5 nitrogen and oxygen atoms in total. The van der Waals surface area contributed by atoms with Crippen molar-refractivity contribution in [2.24, 2.45) is 0 Å². The van der Waals surface area contributed by atoms with Crippen LogP contribution in [0, 0.1) is 11.3 Å². The standard InChI is InChI=1S/C13H16N2O3S/c1-9(2)19(17,18)10(3)13(16)15-12-6-4-5-11(7-12)8-14/h4-7,9-10H,1-3H3,(H,15,16). The van der Waals surface area contributed by atoms with Gasteiger partial charge in [0.05, 0.1) is 16.9 Å². The van der Waals surface area contributed by atoms with Crippen LogP contribution in [0.2, 0.25) is 0 Å². The van der Waals surface area contributed by atoms with E-state index >= 15 is 0 Å². The van der Waals surface area contributed by atoms with Crippen molar-refractivity contribution in [2.45, 2.75) is 31.3 Å². The molecule has 19 heavy (non-hydrogen) atoms. The van der Waals surface area contributed by atoms with Gasteiger partial charge in [0.1, 0.15) is 5.25 Å². The highest BCUT2D eigenvalue weighted by atomic mass is 32.2. The van der Waals surface area contributed by atoms with Gasteiger partial charge in [-0.15, -0.1) is 0 Å². The van der Waals surface area contributed by atoms with E-state index in [1.807, 2.05) is 6.07 Å². The van der Waals surface area contributed by atoms with Crippen LogP contribution in [0.3, 0.4) is 0 Å². The van der Waals surface area contributed by atoms with E-state index in [2.05, 4.69) is 5.32 Å². The molecule has 6 heteroatoms. The van der Waals surface area contributed by atoms with E-state index in [9.17, 15) is 13.2 Å². The molecule has 1 aromatic rings. The van der Waals surface area contributed by atoms with Gasteiger partial charge in [-0.2, -0.15) is 5.26 Å². The predicted octanol–water partition coefficient (Wildman–Crippen LogP) is 1.71. The Balaban J connectivity index is 2.89. The molecule has 0 aliphatic rings. The van der Waals surface area contributed by atoms with Gasteiger partial charge in [0.15, 0.2) is 9.84 Å². The van der Waals surface area contributed by atoms with Crippen molar-refractivity contribution in [3.63, 3.8) is 0 Å². The Bertz CT molecular complexity index is 615. The number of nitrogens with one attached hydrogen (secondary N) is 1. The Kier molecular flexibility index (Phi) is 4.67. The van der Waals surface area contributed by atoms with Gasteiger partial charge >= 0.3 is 0 Å². The number of carbonyl (C=O) groups excluding carboxylic acids is 1. The van der Waals surface area contributed by atoms with Crippen molar-refractivity contribution in [1.29, 1.82) is 5.26 Å². The molecule has 0 saturated heterocycles. The van der Waals surface area contributed by atoms with Crippen LogP contribution in [0.25, 0.3) is 0 Å². The first kappa shape index (κ1) is 15.2. The minimum absolute atomic E-state index is 0.400. The first-order valence-electron chi connectivity index (χ1n) is 5.82. The van der Waals surface area contributed by atoms with E-state index in [1.165, 1.54) is 26.8 Å². The Hall–Kier alpha value is -1.87. The van der Waals surface area contributed by atoms with Crippen LogP contribution < -0.4 is 5.32 Å². The van der Waals surface area contributed by atoms with Crippen LogP contribution in [0.15, 0.2) is 24.3 Å². The third kappa shape index (κ3) is 3.55. The van der Waals surface area contributed by atoms with Crippen LogP contribution in [0.5, 0.6) is 0 Å². The van der Waals surface area contributed by atoms with Crippen molar-refractivity contribution < 1.29 is 13.2 Å². The molecule has 1 atom stereocenters. The lowest BCUT2D eigenvalue weighted by Gasteiger charge is -2.15. The molecule has 0 heterocycles. The largest absolute Gasteiger partial charge is 0.325 e. The third-order valence-electron chi connectivity index (χ3n) is 2.78. The summed E-state index contributed by atoms with van der Waals surface area (Å²) in [5.74, 6) is -0.594. The topological polar surface area (TPSA) is 87.0 Å². The highest BCUT2D eigenvalue weighted by Crippen LogP contribution is 2.14. The number of rotatable bonds is 4. The average molecular weight is 280 g/mol. The summed E-state index contributed by atoms with van der Waals surface area (Å²) in [6.07, 6.45) is 0. The Morgan fingerprint density at radius 1 is 1.32 bits per heavy atom. The zero-order valence-corrected chi connectivity index (χ0v) is 11.9. The van der Waals surface area contributed by atoms with Gasteiger partial charge in [0, 0.05) is 5.69 Å². The number of hydrogen-bond acceptors (Lipinski definition) is 4. The molecule has 0 aromatic heterocycles. The fraction of sp³-hybridized carbons (Fsp3) is 0.385. The zero-order chi connectivity index (χ0) is 14.6. The molecule has 0 fully saturated rings. The van der Waals surface area contributed by atoms with Crippen LogP contribution >= 0.6 is 0 Å². The number of carbonyl (C=O) groups is 1. The summed E-state index contributed by atoms with van der Waals surface area (Å²) in [5.41, 5.74) is 0.812. The summed E-state index contributed by atoms with van der Waals surface area (Å²) < 4.78 is 23.7. The smallest absolute Gasteiger partial charge is 0.242 e. The summed E-state index contributed by atoms with van der Waals surface area (Å²) in [6, 6.07) is 8.27. The molecular formula is C13H16N2O3S. The molecular weight excluding hydrogens is 264 g/mol. The van der Waals surface area contributed by atoms with Gasteiger partial charge in [-0.3, -0.25) is 4.79 Å². The third-order valence-corrected chi connectivity index (χ3v) is 5.29.